The number of hydrogen-bond donors (Lipinski definition) is 0. The van der Waals surface area contributed by atoms with E-state index in [0.29, 0.717) is 17.7 Å². The van der Waals surface area contributed by atoms with Crippen LogP contribution in [0.5, 0.6) is 0 Å². The molecule has 5 heteroatoms. The van der Waals surface area contributed by atoms with Crippen molar-refractivity contribution in [2.24, 2.45) is 5.41 Å². The van der Waals surface area contributed by atoms with Gasteiger partial charge in [0.05, 0.1) is 11.0 Å². The van der Waals surface area contributed by atoms with Crippen LogP contribution in [0.15, 0.2) is 47.6 Å². The number of fused-ring (bicyclic) bond motifs is 1. The molecule has 122 valence electrons. The number of ketones is 1. The van der Waals surface area contributed by atoms with Crippen LogP contribution in [0.3, 0.4) is 0 Å². The van der Waals surface area contributed by atoms with Crippen LogP contribution in [0.4, 0.5) is 4.39 Å². The fourth-order valence-corrected chi connectivity index (χ4v) is 3.68. The molecule has 0 N–H and O–H groups in total. The minimum absolute atomic E-state index is 0.0369. The van der Waals surface area contributed by atoms with E-state index in [1.807, 2.05) is 12.1 Å². The van der Waals surface area contributed by atoms with Gasteiger partial charge < -0.3 is 4.90 Å². The first-order chi connectivity index (χ1) is 11.2. The summed E-state index contributed by atoms with van der Waals surface area (Å²) in [5.74, 6) is -0.931. The number of amides is 1. The largest absolute Gasteiger partial charge is 0.341 e. The lowest BCUT2D eigenvalue weighted by molar-refractivity contribution is -0.135. The van der Waals surface area contributed by atoms with Crippen LogP contribution in [0.2, 0.25) is 0 Å². The number of hydrogen-bond acceptors (Lipinski definition) is 3. The zero-order chi connectivity index (χ0) is 17.7. The molecular formula is C19H17FN2O2. The van der Waals surface area contributed by atoms with Crippen LogP contribution in [-0.4, -0.2) is 30.2 Å². The maximum Gasteiger partial charge on any atom is 0.241 e. The average molecular weight is 324 g/mol. The molecule has 1 heterocycles. The fourth-order valence-electron chi connectivity index (χ4n) is 3.68. The number of allylic oxidation sites excluding steroid dienone is 1. The molecule has 1 atom stereocenters. The van der Waals surface area contributed by atoms with Gasteiger partial charge in [0.1, 0.15) is 17.3 Å². The Morgan fingerprint density at radius 3 is 2.42 bits per heavy atom. The number of halogens is 1. The Morgan fingerprint density at radius 2 is 1.83 bits per heavy atom. The summed E-state index contributed by atoms with van der Waals surface area (Å²) < 4.78 is 13.4. The lowest BCUT2D eigenvalue weighted by Gasteiger charge is -2.47. The summed E-state index contributed by atoms with van der Waals surface area (Å²) in [5.41, 5.74) is -1.06. The van der Waals surface area contributed by atoms with Crippen molar-refractivity contribution in [3.05, 3.63) is 58.9 Å². The third-order valence-corrected chi connectivity index (χ3v) is 4.94. The molecule has 0 bridgehead atoms. The lowest BCUT2D eigenvalue weighted by Crippen LogP contribution is -2.55. The molecule has 0 aromatic heterocycles. The van der Waals surface area contributed by atoms with E-state index in [4.69, 9.17) is 0 Å². The van der Waals surface area contributed by atoms with Crippen molar-refractivity contribution in [1.29, 1.82) is 5.26 Å². The topological polar surface area (TPSA) is 61.2 Å². The number of benzene rings is 1. The summed E-state index contributed by atoms with van der Waals surface area (Å²) in [6.45, 7) is 3.84. The van der Waals surface area contributed by atoms with Crippen molar-refractivity contribution < 1.29 is 14.0 Å². The van der Waals surface area contributed by atoms with E-state index in [1.165, 1.54) is 30.3 Å². The third kappa shape index (κ3) is 1.96. The highest BCUT2D eigenvalue weighted by Crippen LogP contribution is 2.51. The Balaban J connectivity index is 2.40. The van der Waals surface area contributed by atoms with E-state index < -0.39 is 16.6 Å². The molecule has 24 heavy (non-hydrogen) atoms. The van der Waals surface area contributed by atoms with Gasteiger partial charge in [-0.1, -0.05) is 18.2 Å². The number of rotatable bonds is 1. The number of likely N-dealkylation sites (N-methyl/N-ethyl adjacent to an activating group) is 1. The smallest absolute Gasteiger partial charge is 0.241 e. The second kappa shape index (κ2) is 5.13. The summed E-state index contributed by atoms with van der Waals surface area (Å²) in [5, 5.41) is 9.40. The fraction of sp³-hybridized carbons (Fsp3) is 0.316. The van der Waals surface area contributed by atoms with Crippen LogP contribution < -0.4 is 0 Å². The van der Waals surface area contributed by atoms with Crippen molar-refractivity contribution in [1.82, 2.24) is 4.90 Å². The molecule has 2 aliphatic rings. The van der Waals surface area contributed by atoms with Gasteiger partial charge in [-0.05, 0) is 43.2 Å². The molecule has 1 aromatic carbocycles. The van der Waals surface area contributed by atoms with E-state index in [1.54, 1.807) is 25.8 Å². The van der Waals surface area contributed by atoms with Crippen LogP contribution in [0, 0.1) is 22.6 Å². The van der Waals surface area contributed by atoms with Gasteiger partial charge in [0.15, 0.2) is 5.78 Å². The number of Topliss-reactive ketones (excluding diaryl/α,β-unsaturated/α-hetero) is 1. The van der Waals surface area contributed by atoms with E-state index in [2.05, 4.69) is 0 Å². The molecular weight excluding hydrogens is 307 g/mol. The molecule has 1 amide bonds. The van der Waals surface area contributed by atoms with Gasteiger partial charge in [0, 0.05) is 13.6 Å². The monoisotopic (exact) mass is 324 g/mol. The van der Waals surface area contributed by atoms with Crippen molar-refractivity contribution in [3.8, 4) is 6.07 Å². The predicted molar refractivity (Wildman–Crippen MR) is 86.3 cm³/mol. The Bertz CT molecular complexity index is 843. The first-order valence-corrected chi connectivity index (χ1v) is 7.65. The molecule has 0 unspecified atom stereocenters. The quantitative estimate of drug-likeness (QED) is 0.746. The second-order valence-corrected chi connectivity index (χ2v) is 6.74. The highest BCUT2D eigenvalue weighted by atomic mass is 19.1. The van der Waals surface area contributed by atoms with Gasteiger partial charge in [-0.3, -0.25) is 9.59 Å². The average Bonchev–Trinajstić information content (AvgIpc) is 2.55. The highest BCUT2D eigenvalue weighted by Gasteiger charge is 2.56. The zero-order valence-corrected chi connectivity index (χ0v) is 13.8. The summed E-state index contributed by atoms with van der Waals surface area (Å²) in [6.07, 6.45) is 3.31. The summed E-state index contributed by atoms with van der Waals surface area (Å²) in [7, 11) is 1.67. The summed E-state index contributed by atoms with van der Waals surface area (Å²) >= 11 is 0. The molecule has 1 aromatic rings. The number of nitrogens with zero attached hydrogens (tertiary/aromatic N) is 2. The molecule has 0 spiro atoms. The molecule has 1 aliphatic heterocycles. The van der Waals surface area contributed by atoms with Crippen LogP contribution >= 0.6 is 0 Å². The SMILES string of the molecule is CN1CC=C2C(C)(C)C(=O)C(C#N)=C[C@@]2(c2ccc(F)cc2)C1=O. The van der Waals surface area contributed by atoms with Crippen LogP contribution in [0.1, 0.15) is 19.4 Å². The van der Waals surface area contributed by atoms with Crippen molar-refractivity contribution in [3.63, 3.8) is 0 Å². The molecule has 0 saturated heterocycles. The molecule has 0 saturated carbocycles. The number of carbonyl (C=O) groups excluding carboxylic acids is 2. The van der Waals surface area contributed by atoms with E-state index in [0.717, 1.165) is 0 Å². The highest BCUT2D eigenvalue weighted by molar-refractivity contribution is 6.11. The Labute approximate surface area is 139 Å². The first kappa shape index (κ1) is 16.1. The van der Waals surface area contributed by atoms with Crippen LogP contribution in [0.25, 0.3) is 0 Å². The van der Waals surface area contributed by atoms with Gasteiger partial charge in [-0.25, -0.2) is 4.39 Å². The van der Waals surface area contributed by atoms with Gasteiger partial charge in [-0.15, -0.1) is 0 Å². The normalized spacial score (nSPS) is 25.5. The third-order valence-electron chi connectivity index (χ3n) is 4.94. The van der Waals surface area contributed by atoms with Crippen molar-refractivity contribution in [2.75, 3.05) is 13.6 Å². The van der Waals surface area contributed by atoms with Gasteiger partial charge in [0.2, 0.25) is 5.91 Å². The van der Waals surface area contributed by atoms with E-state index in [9.17, 15) is 19.2 Å². The van der Waals surface area contributed by atoms with E-state index in [-0.39, 0.29) is 17.3 Å². The molecule has 1 aliphatic carbocycles. The predicted octanol–water partition coefficient (Wildman–Crippen LogP) is 2.52. The molecule has 3 rings (SSSR count). The van der Waals surface area contributed by atoms with Crippen molar-refractivity contribution >= 4 is 11.7 Å². The Hall–Kier alpha value is -2.74. The van der Waals surface area contributed by atoms with Gasteiger partial charge in [-0.2, -0.15) is 5.26 Å². The second-order valence-electron chi connectivity index (χ2n) is 6.74. The van der Waals surface area contributed by atoms with Gasteiger partial charge >= 0.3 is 0 Å². The van der Waals surface area contributed by atoms with Crippen LogP contribution in [-0.2, 0) is 15.0 Å². The van der Waals surface area contributed by atoms with Crippen molar-refractivity contribution in [2.45, 2.75) is 19.3 Å². The first-order valence-electron chi connectivity index (χ1n) is 7.65. The zero-order valence-electron chi connectivity index (χ0n) is 13.8. The number of carbonyl (C=O) groups is 2. The molecule has 0 fully saturated rings. The van der Waals surface area contributed by atoms with Gasteiger partial charge in [0.25, 0.3) is 0 Å². The minimum Gasteiger partial charge on any atom is -0.341 e. The minimum atomic E-state index is -1.25. The number of nitriles is 1. The maximum absolute atomic E-state index is 13.4. The molecule has 4 nitrogen and oxygen atoms in total. The van der Waals surface area contributed by atoms with E-state index >= 15 is 0 Å². The lowest BCUT2D eigenvalue weighted by atomic mass is 9.56. The molecule has 0 radical (unpaired) electrons. The summed E-state index contributed by atoms with van der Waals surface area (Å²) in [6, 6.07) is 7.57. The maximum atomic E-state index is 13.4. The Morgan fingerprint density at radius 1 is 1.21 bits per heavy atom. The Kier molecular flexibility index (Phi) is 3.45. The standard InChI is InChI=1S/C19H17FN2O2/c1-18(2)15-8-9-22(3)17(24)19(15,10-12(11-21)16(18)23)13-4-6-14(20)7-5-13/h4-8,10H,9H2,1-3H3/t19-/m0/s1. The summed E-state index contributed by atoms with van der Waals surface area (Å²) in [4.78, 5) is 27.3.